The van der Waals surface area contributed by atoms with Crippen molar-refractivity contribution in [3.8, 4) is 0 Å². The van der Waals surface area contributed by atoms with Crippen molar-refractivity contribution in [1.82, 2.24) is 10.3 Å². The van der Waals surface area contributed by atoms with Gasteiger partial charge in [-0.15, -0.1) is 0 Å². The zero-order chi connectivity index (χ0) is 10.7. The minimum Gasteiger partial charge on any atom is -0.444 e. The average Bonchev–Trinajstić information content (AvgIpc) is 2.96. The fraction of sp³-hybridized carbons (Fsp3) is 0.636. The summed E-state index contributed by atoms with van der Waals surface area (Å²) in [5, 5.41) is 2.80. The second kappa shape index (κ2) is 4.47. The van der Waals surface area contributed by atoms with Crippen molar-refractivity contribution in [3.05, 3.63) is 17.8 Å². The van der Waals surface area contributed by atoms with Crippen LogP contribution in [0.2, 0.25) is 0 Å². The number of aromatic nitrogens is 1. The third kappa shape index (κ3) is 2.81. The van der Waals surface area contributed by atoms with Crippen molar-refractivity contribution >= 4 is 5.91 Å². The lowest BCUT2D eigenvalue weighted by Gasteiger charge is -2.00. The fourth-order valence-corrected chi connectivity index (χ4v) is 1.42. The summed E-state index contributed by atoms with van der Waals surface area (Å²) in [6.07, 6.45) is 5.52. The molecule has 1 amide bonds. The van der Waals surface area contributed by atoms with E-state index in [1.807, 2.05) is 6.92 Å². The number of nitrogens with one attached hydrogen (secondary N) is 1. The Balaban J connectivity index is 1.80. The van der Waals surface area contributed by atoms with Crippen LogP contribution < -0.4 is 5.32 Å². The topological polar surface area (TPSA) is 55.1 Å². The molecule has 2 rings (SSSR count). The van der Waals surface area contributed by atoms with Crippen LogP contribution >= 0.6 is 0 Å². The SMILES string of the molecule is CCCC(=O)NCc1cnc(C2CC2)o1. The van der Waals surface area contributed by atoms with Gasteiger partial charge in [-0.2, -0.15) is 0 Å². The summed E-state index contributed by atoms with van der Waals surface area (Å²) in [4.78, 5) is 15.4. The largest absolute Gasteiger partial charge is 0.444 e. The monoisotopic (exact) mass is 208 g/mol. The highest BCUT2D eigenvalue weighted by Crippen LogP contribution is 2.39. The molecule has 1 saturated carbocycles. The molecule has 1 aliphatic rings. The van der Waals surface area contributed by atoms with E-state index >= 15 is 0 Å². The number of hydrogen-bond donors (Lipinski definition) is 1. The third-order valence-corrected chi connectivity index (χ3v) is 2.43. The molecule has 0 radical (unpaired) electrons. The molecule has 4 nitrogen and oxygen atoms in total. The van der Waals surface area contributed by atoms with E-state index in [0.29, 0.717) is 18.9 Å². The second-order valence-corrected chi connectivity index (χ2v) is 3.97. The van der Waals surface area contributed by atoms with E-state index in [9.17, 15) is 4.79 Å². The van der Waals surface area contributed by atoms with Crippen LogP contribution in [0, 0.1) is 0 Å². The van der Waals surface area contributed by atoms with E-state index in [-0.39, 0.29) is 5.91 Å². The molecule has 1 aromatic heterocycles. The lowest BCUT2D eigenvalue weighted by Crippen LogP contribution is -2.21. The molecule has 15 heavy (non-hydrogen) atoms. The van der Waals surface area contributed by atoms with Crippen molar-refractivity contribution < 1.29 is 9.21 Å². The Bertz CT molecular complexity index is 342. The molecular formula is C11H16N2O2. The summed E-state index contributed by atoms with van der Waals surface area (Å²) >= 11 is 0. The first-order valence-corrected chi connectivity index (χ1v) is 5.51. The Morgan fingerprint density at radius 3 is 3.13 bits per heavy atom. The van der Waals surface area contributed by atoms with Gasteiger partial charge in [0, 0.05) is 12.3 Å². The molecule has 1 N–H and O–H groups in total. The van der Waals surface area contributed by atoms with Gasteiger partial charge in [-0.05, 0) is 19.3 Å². The van der Waals surface area contributed by atoms with Crippen molar-refractivity contribution in [2.24, 2.45) is 0 Å². The zero-order valence-corrected chi connectivity index (χ0v) is 8.95. The van der Waals surface area contributed by atoms with Crippen LogP contribution in [0.3, 0.4) is 0 Å². The van der Waals surface area contributed by atoms with Gasteiger partial charge >= 0.3 is 0 Å². The minimum absolute atomic E-state index is 0.0712. The summed E-state index contributed by atoms with van der Waals surface area (Å²) in [6, 6.07) is 0. The quantitative estimate of drug-likeness (QED) is 0.804. The molecule has 0 unspecified atom stereocenters. The first-order chi connectivity index (χ1) is 7.29. The highest BCUT2D eigenvalue weighted by molar-refractivity contribution is 5.75. The maximum atomic E-state index is 11.2. The van der Waals surface area contributed by atoms with Crippen molar-refractivity contribution in [1.29, 1.82) is 0 Å². The van der Waals surface area contributed by atoms with Gasteiger partial charge in [0.05, 0.1) is 12.7 Å². The van der Waals surface area contributed by atoms with E-state index in [4.69, 9.17) is 4.42 Å². The van der Waals surface area contributed by atoms with E-state index < -0.39 is 0 Å². The predicted molar refractivity (Wildman–Crippen MR) is 55.2 cm³/mol. The van der Waals surface area contributed by atoms with Gasteiger partial charge in [-0.1, -0.05) is 6.92 Å². The van der Waals surface area contributed by atoms with Crippen molar-refractivity contribution in [3.63, 3.8) is 0 Å². The smallest absolute Gasteiger partial charge is 0.220 e. The minimum atomic E-state index is 0.0712. The van der Waals surface area contributed by atoms with Gasteiger partial charge in [0.15, 0.2) is 5.89 Å². The molecule has 0 aliphatic heterocycles. The Hall–Kier alpha value is -1.32. The number of rotatable bonds is 5. The molecule has 1 fully saturated rings. The Morgan fingerprint density at radius 1 is 1.67 bits per heavy atom. The number of carbonyl (C=O) groups is 1. The van der Waals surface area contributed by atoms with Gasteiger partial charge in [0.25, 0.3) is 0 Å². The summed E-state index contributed by atoms with van der Waals surface area (Å²) in [5.74, 6) is 2.18. The number of amides is 1. The average molecular weight is 208 g/mol. The predicted octanol–water partition coefficient (Wildman–Crippen LogP) is 1.97. The molecular weight excluding hydrogens is 192 g/mol. The number of carbonyl (C=O) groups excluding carboxylic acids is 1. The molecule has 1 aromatic rings. The Labute approximate surface area is 89.1 Å². The fourth-order valence-electron chi connectivity index (χ4n) is 1.42. The summed E-state index contributed by atoms with van der Waals surface area (Å²) in [7, 11) is 0. The maximum Gasteiger partial charge on any atom is 0.220 e. The molecule has 4 heteroatoms. The molecule has 82 valence electrons. The van der Waals surface area contributed by atoms with Gasteiger partial charge in [-0.25, -0.2) is 4.98 Å². The van der Waals surface area contributed by atoms with Crippen LogP contribution in [0.4, 0.5) is 0 Å². The van der Waals surface area contributed by atoms with Gasteiger partial charge in [0.1, 0.15) is 5.76 Å². The molecule has 0 aromatic carbocycles. The van der Waals surface area contributed by atoms with E-state index in [2.05, 4.69) is 10.3 Å². The van der Waals surface area contributed by atoms with E-state index in [1.54, 1.807) is 6.20 Å². The normalized spacial score (nSPS) is 15.3. The lowest BCUT2D eigenvalue weighted by molar-refractivity contribution is -0.121. The molecule has 0 atom stereocenters. The van der Waals surface area contributed by atoms with Crippen LogP contribution in [0.1, 0.15) is 50.2 Å². The Morgan fingerprint density at radius 2 is 2.47 bits per heavy atom. The Kier molecular flexibility index (Phi) is 3.04. The summed E-state index contributed by atoms with van der Waals surface area (Å²) in [6.45, 7) is 2.44. The van der Waals surface area contributed by atoms with Crippen LogP contribution in [-0.2, 0) is 11.3 Å². The van der Waals surface area contributed by atoms with E-state index in [0.717, 1.165) is 18.1 Å². The highest BCUT2D eigenvalue weighted by Gasteiger charge is 2.28. The number of oxazole rings is 1. The zero-order valence-electron chi connectivity index (χ0n) is 8.95. The maximum absolute atomic E-state index is 11.2. The molecule has 1 aliphatic carbocycles. The van der Waals surface area contributed by atoms with Crippen LogP contribution in [0.15, 0.2) is 10.6 Å². The summed E-state index contributed by atoms with van der Waals surface area (Å²) in [5.41, 5.74) is 0. The molecule has 1 heterocycles. The van der Waals surface area contributed by atoms with Crippen LogP contribution in [0.25, 0.3) is 0 Å². The number of nitrogens with zero attached hydrogens (tertiary/aromatic N) is 1. The summed E-state index contributed by atoms with van der Waals surface area (Å²) < 4.78 is 5.51. The molecule has 0 bridgehead atoms. The lowest BCUT2D eigenvalue weighted by atomic mass is 10.3. The molecule has 0 saturated heterocycles. The molecule has 0 spiro atoms. The van der Waals surface area contributed by atoms with E-state index in [1.165, 1.54) is 12.8 Å². The van der Waals surface area contributed by atoms with Crippen LogP contribution in [0.5, 0.6) is 0 Å². The van der Waals surface area contributed by atoms with Crippen molar-refractivity contribution in [2.45, 2.75) is 45.1 Å². The first-order valence-electron chi connectivity index (χ1n) is 5.51. The second-order valence-electron chi connectivity index (χ2n) is 3.97. The highest BCUT2D eigenvalue weighted by atomic mass is 16.4. The third-order valence-electron chi connectivity index (χ3n) is 2.43. The van der Waals surface area contributed by atoms with Gasteiger partial charge in [-0.3, -0.25) is 4.79 Å². The first kappa shape index (κ1) is 10.2. The van der Waals surface area contributed by atoms with Crippen molar-refractivity contribution in [2.75, 3.05) is 0 Å². The number of hydrogen-bond acceptors (Lipinski definition) is 3. The van der Waals surface area contributed by atoms with Crippen LogP contribution in [-0.4, -0.2) is 10.9 Å². The van der Waals surface area contributed by atoms with Gasteiger partial charge < -0.3 is 9.73 Å². The van der Waals surface area contributed by atoms with Gasteiger partial charge in [0.2, 0.25) is 5.91 Å². The standard InChI is InChI=1S/C11H16N2O2/c1-2-3-10(14)12-6-9-7-13-11(15-9)8-4-5-8/h7-8H,2-6H2,1H3,(H,12,14).